The summed E-state index contributed by atoms with van der Waals surface area (Å²) in [6.45, 7) is 3.92. The Labute approximate surface area is 177 Å². The van der Waals surface area contributed by atoms with Crippen LogP contribution in [0.3, 0.4) is 0 Å². The standard InChI is InChI=1S/C23H29FN6/c1-16-18(14-29(4)27-16)15-30-12-6-5-7-21(30)22-20(13-25-23(26-22)28(2)3)17-8-10-19(24)11-9-17/h8-11,13-14,21H,5-7,12,15H2,1-4H3/t21-/m1/s1. The third kappa shape index (κ3) is 4.21. The van der Waals surface area contributed by atoms with Gasteiger partial charge in [0.25, 0.3) is 0 Å². The lowest BCUT2D eigenvalue weighted by Gasteiger charge is -2.36. The first-order valence-corrected chi connectivity index (χ1v) is 10.5. The van der Waals surface area contributed by atoms with Crippen molar-refractivity contribution in [3.8, 4) is 11.1 Å². The van der Waals surface area contributed by atoms with Crippen LogP contribution in [0.15, 0.2) is 36.7 Å². The number of aromatic nitrogens is 4. The van der Waals surface area contributed by atoms with E-state index in [0.29, 0.717) is 5.95 Å². The number of rotatable bonds is 5. The molecule has 0 saturated carbocycles. The van der Waals surface area contributed by atoms with E-state index < -0.39 is 0 Å². The summed E-state index contributed by atoms with van der Waals surface area (Å²) in [5.41, 5.74) is 5.24. The van der Waals surface area contributed by atoms with Crippen molar-refractivity contribution in [2.24, 2.45) is 7.05 Å². The van der Waals surface area contributed by atoms with Crippen LogP contribution in [0.5, 0.6) is 0 Å². The highest BCUT2D eigenvalue weighted by Crippen LogP contribution is 2.37. The molecule has 0 amide bonds. The maximum atomic E-state index is 13.5. The number of hydrogen-bond donors (Lipinski definition) is 0. The molecule has 0 spiro atoms. The number of likely N-dealkylation sites (tertiary alicyclic amines) is 1. The summed E-state index contributed by atoms with van der Waals surface area (Å²) in [5.74, 6) is 0.455. The minimum absolute atomic E-state index is 0.181. The number of halogens is 1. The zero-order valence-corrected chi connectivity index (χ0v) is 18.1. The van der Waals surface area contributed by atoms with Gasteiger partial charge in [0, 0.05) is 51.2 Å². The van der Waals surface area contributed by atoms with E-state index in [1.165, 1.54) is 24.1 Å². The minimum atomic E-state index is -0.238. The van der Waals surface area contributed by atoms with Crippen LogP contribution in [0, 0.1) is 12.7 Å². The molecule has 3 heterocycles. The van der Waals surface area contributed by atoms with E-state index >= 15 is 0 Å². The van der Waals surface area contributed by atoms with E-state index in [-0.39, 0.29) is 11.9 Å². The smallest absolute Gasteiger partial charge is 0.225 e. The summed E-state index contributed by atoms with van der Waals surface area (Å²) in [4.78, 5) is 14.0. The van der Waals surface area contributed by atoms with Gasteiger partial charge in [-0.25, -0.2) is 14.4 Å². The number of benzene rings is 1. The Hall–Kier alpha value is -2.80. The monoisotopic (exact) mass is 408 g/mol. The molecule has 1 aromatic carbocycles. The van der Waals surface area contributed by atoms with Gasteiger partial charge in [0.2, 0.25) is 5.95 Å². The lowest BCUT2D eigenvalue weighted by atomic mass is 9.93. The molecule has 3 aromatic rings. The average molecular weight is 409 g/mol. The lowest BCUT2D eigenvalue weighted by molar-refractivity contribution is 0.137. The van der Waals surface area contributed by atoms with Crippen LogP contribution in [0.1, 0.15) is 42.3 Å². The molecule has 1 saturated heterocycles. The molecule has 30 heavy (non-hydrogen) atoms. The van der Waals surface area contributed by atoms with Crippen molar-refractivity contribution in [1.82, 2.24) is 24.6 Å². The summed E-state index contributed by atoms with van der Waals surface area (Å²) in [6, 6.07) is 6.80. The van der Waals surface area contributed by atoms with Gasteiger partial charge < -0.3 is 4.90 Å². The van der Waals surface area contributed by atoms with E-state index in [9.17, 15) is 4.39 Å². The number of anilines is 1. The van der Waals surface area contributed by atoms with Gasteiger partial charge in [-0.05, 0) is 44.0 Å². The largest absolute Gasteiger partial charge is 0.347 e. The molecule has 0 unspecified atom stereocenters. The highest BCUT2D eigenvalue weighted by molar-refractivity contribution is 5.66. The molecule has 0 N–H and O–H groups in total. The Kier molecular flexibility index (Phi) is 5.81. The van der Waals surface area contributed by atoms with Crippen LogP contribution in [0.4, 0.5) is 10.3 Å². The van der Waals surface area contributed by atoms with Crippen LogP contribution in [0.2, 0.25) is 0 Å². The van der Waals surface area contributed by atoms with Crippen LogP contribution in [0.25, 0.3) is 11.1 Å². The zero-order chi connectivity index (χ0) is 21.3. The van der Waals surface area contributed by atoms with Gasteiger partial charge in [0.1, 0.15) is 5.82 Å². The van der Waals surface area contributed by atoms with E-state index in [0.717, 1.165) is 48.4 Å². The molecule has 1 aliphatic rings. The maximum absolute atomic E-state index is 13.5. The predicted molar refractivity (Wildman–Crippen MR) is 117 cm³/mol. The Morgan fingerprint density at radius 2 is 1.93 bits per heavy atom. The van der Waals surface area contributed by atoms with Gasteiger partial charge >= 0.3 is 0 Å². The Morgan fingerprint density at radius 3 is 2.60 bits per heavy atom. The molecular weight excluding hydrogens is 379 g/mol. The van der Waals surface area contributed by atoms with Crippen molar-refractivity contribution < 1.29 is 4.39 Å². The van der Waals surface area contributed by atoms with Crippen LogP contribution in [-0.2, 0) is 13.6 Å². The molecule has 0 aliphatic carbocycles. The van der Waals surface area contributed by atoms with Crippen LogP contribution < -0.4 is 4.90 Å². The van der Waals surface area contributed by atoms with Crippen molar-refractivity contribution in [3.63, 3.8) is 0 Å². The lowest BCUT2D eigenvalue weighted by Crippen LogP contribution is -2.34. The molecule has 1 atom stereocenters. The van der Waals surface area contributed by atoms with Gasteiger partial charge in [0.15, 0.2) is 0 Å². The van der Waals surface area contributed by atoms with E-state index in [4.69, 9.17) is 4.98 Å². The fraction of sp³-hybridized carbons (Fsp3) is 0.435. The normalized spacial score (nSPS) is 17.3. The van der Waals surface area contributed by atoms with Gasteiger partial charge in [0.05, 0.1) is 17.4 Å². The summed E-state index contributed by atoms with van der Waals surface area (Å²) < 4.78 is 15.4. The molecule has 1 aliphatic heterocycles. The second-order valence-electron chi connectivity index (χ2n) is 8.27. The Bertz CT molecular complexity index is 1010. The molecule has 0 radical (unpaired) electrons. The highest BCUT2D eigenvalue weighted by Gasteiger charge is 2.29. The SMILES string of the molecule is Cc1nn(C)cc1CN1CCCC[C@@H]1c1nc(N(C)C)ncc1-c1ccc(F)cc1. The molecule has 0 bridgehead atoms. The van der Waals surface area contributed by atoms with Crippen LogP contribution >= 0.6 is 0 Å². The average Bonchev–Trinajstić information content (AvgIpc) is 3.05. The number of nitrogens with zero attached hydrogens (tertiary/aromatic N) is 6. The van der Waals surface area contributed by atoms with Gasteiger partial charge in [-0.1, -0.05) is 18.6 Å². The first-order chi connectivity index (χ1) is 14.4. The van der Waals surface area contributed by atoms with Crippen molar-refractivity contribution in [3.05, 3.63) is 59.4 Å². The summed E-state index contributed by atoms with van der Waals surface area (Å²) in [5, 5.41) is 4.51. The third-order valence-electron chi connectivity index (χ3n) is 5.78. The van der Waals surface area contributed by atoms with Crippen molar-refractivity contribution in [2.45, 2.75) is 38.8 Å². The molecule has 1 fully saturated rings. The van der Waals surface area contributed by atoms with Crippen molar-refractivity contribution >= 4 is 5.95 Å². The van der Waals surface area contributed by atoms with Gasteiger partial charge in [-0.15, -0.1) is 0 Å². The summed E-state index contributed by atoms with van der Waals surface area (Å²) >= 11 is 0. The zero-order valence-electron chi connectivity index (χ0n) is 18.1. The summed E-state index contributed by atoms with van der Waals surface area (Å²) in [7, 11) is 5.87. The second kappa shape index (κ2) is 8.52. The van der Waals surface area contributed by atoms with Crippen molar-refractivity contribution in [1.29, 1.82) is 0 Å². The quantitative estimate of drug-likeness (QED) is 0.636. The van der Waals surface area contributed by atoms with E-state index in [1.807, 2.05) is 49.1 Å². The number of hydrogen-bond acceptors (Lipinski definition) is 5. The Morgan fingerprint density at radius 1 is 1.17 bits per heavy atom. The molecule has 2 aromatic heterocycles. The fourth-order valence-corrected chi connectivity index (χ4v) is 4.22. The van der Waals surface area contributed by atoms with E-state index in [1.54, 1.807) is 0 Å². The van der Waals surface area contributed by atoms with Gasteiger partial charge in [-0.3, -0.25) is 9.58 Å². The maximum Gasteiger partial charge on any atom is 0.225 e. The first kappa shape index (κ1) is 20.5. The molecule has 158 valence electrons. The molecule has 6 nitrogen and oxygen atoms in total. The van der Waals surface area contributed by atoms with Crippen LogP contribution in [-0.4, -0.2) is 45.3 Å². The van der Waals surface area contributed by atoms with Gasteiger partial charge in [-0.2, -0.15) is 5.10 Å². The first-order valence-electron chi connectivity index (χ1n) is 10.5. The highest BCUT2D eigenvalue weighted by atomic mass is 19.1. The summed E-state index contributed by atoms with van der Waals surface area (Å²) in [6.07, 6.45) is 7.36. The topological polar surface area (TPSA) is 50.1 Å². The van der Waals surface area contributed by atoms with Crippen molar-refractivity contribution in [2.75, 3.05) is 25.5 Å². The Balaban J connectivity index is 1.75. The number of piperidine rings is 1. The second-order valence-corrected chi connectivity index (χ2v) is 8.27. The minimum Gasteiger partial charge on any atom is -0.347 e. The number of aryl methyl sites for hydroxylation is 2. The fourth-order valence-electron chi connectivity index (χ4n) is 4.22. The molecular formula is C23H29FN6. The predicted octanol–water partition coefficient (Wildman–Crippen LogP) is 4.12. The van der Waals surface area contributed by atoms with E-state index in [2.05, 4.69) is 28.1 Å². The third-order valence-corrected chi connectivity index (χ3v) is 5.78. The molecule has 7 heteroatoms. The molecule has 4 rings (SSSR count).